The highest BCUT2D eigenvalue weighted by atomic mass is 16.6. The third-order valence-corrected chi connectivity index (χ3v) is 4.94. The smallest absolute Gasteiger partial charge is 0.410 e. The summed E-state index contributed by atoms with van der Waals surface area (Å²) in [6, 6.07) is 0. The third kappa shape index (κ3) is 9.65. The second-order valence-corrected chi connectivity index (χ2v) is 8.92. The van der Waals surface area contributed by atoms with Gasteiger partial charge in [-0.1, -0.05) is 0 Å². The standard InChI is InChI=1S/C21H40N6O3/c1-5-22-19(25-11-10-23-18(28)17-7-8-17)24-9-6-12-26-13-15-27(16-14-26)20(29)30-21(2,3)4/h17H,5-16H2,1-4H3,(H,23,28)(H2,22,24,25). The zero-order valence-corrected chi connectivity index (χ0v) is 19.1. The number of amides is 2. The zero-order valence-electron chi connectivity index (χ0n) is 19.1. The molecule has 1 saturated carbocycles. The topological polar surface area (TPSA) is 98.3 Å². The number of carbonyl (C=O) groups excluding carboxylic acids is 2. The van der Waals surface area contributed by atoms with Crippen molar-refractivity contribution in [2.24, 2.45) is 10.9 Å². The van der Waals surface area contributed by atoms with Crippen molar-refractivity contribution in [3.8, 4) is 0 Å². The normalized spacial score (nSPS) is 18.1. The number of nitrogens with zero attached hydrogens (tertiary/aromatic N) is 3. The van der Waals surface area contributed by atoms with E-state index in [9.17, 15) is 9.59 Å². The molecule has 9 nitrogen and oxygen atoms in total. The summed E-state index contributed by atoms with van der Waals surface area (Å²) in [6.45, 7) is 14.6. The monoisotopic (exact) mass is 424 g/mol. The first-order valence-corrected chi connectivity index (χ1v) is 11.3. The summed E-state index contributed by atoms with van der Waals surface area (Å²) in [4.78, 5) is 32.5. The van der Waals surface area contributed by atoms with E-state index >= 15 is 0 Å². The Kier molecular flexibility index (Phi) is 9.68. The summed E-state index contributed by atoms with van der Waals surface area (Å²) < 4.78 is 5.44. The summed E-state index contributed by atoms with van der Waals surface area (Å²) in [7, 11) is 0. The Morgan fingerprint density at radius 3 is 2.30 bits per heavy atom. The van der Waals surface area contributed by atoms with Gasteiger partial charge in [-0.15, -0.1) is 0 Å². The molecule has 1 saturated heterocycles. The first-order chi connectivity index (χ1) is 14.3. The molecule has 9 heteroatoms. The van der Waals surface area contributed by atoms with E-state index in [0.717, 1.165) is 57.9 Å². The molecule has 0 radical (unpaired) electrons. The number of aliphatic imine (C=N–C) groups is 1. The van der Waals surface area contributed by atoms with Crippen molar-refractivity contribution in [1.29, 1.82) is 0 Å². The Morgan fingerprint density at radius 1 is 1.03 bits per heavy atom. The Bertz CT molecular complexity index is 578. The van der Waals surface area contributed by atoms with Crippen molar-refractivity contribution in [2.75, 3.05) is 58.9 Å². The minimum absolute atomic E-state index is 0.172. The van der Waals surface area contributed by atoms with Crippen LogP contribution in [0.5, 0.6) is 0 Å². The predicted molar refractivity (Wildman–Crippen MR) is 119 cm³/mol. The molecule has 2 amide bonds. The number of carbonyl (C=O) groups is 2. The fraction of sp³-hybridized carbons (Fsp3) is 0.857. The number of piperazine rings is 1. The van der Waals surface area contributed by atoms with Gasteiger partial charge in [-0.05, 0) is 47.0 Å². The summed E-state index contributed by atoms with van der Waals surface area (Å²) in [5.74, 6) is 1.20. The Labute approximate surface area is 181 Å². The van der Waals surface area contributed by atoms with E-state index in [1.54, 1.807) is 4.90 Å². The maximum atomic E-state index is 12.1. The van der Waals surface area contributed by atoms with Crippen LogP contribution < -0.4 is 16.0 Å². The molecule has 0 aromatic carbocycles. The molecule has 2 rings (SSSR count). The summed E-state index contributed by atoms with van der Waals surface area (Å²) in [6.07, 6.45) is 2.79. The molecule has 2 aliphatic rings. The maximum absolute atomic E-state index is 12.1. The molecule has 2 fully saturated rings. The molecule has 3 N–H and O–H groups in total. The fourth-order valence-corrected chi connectivity index (χ4v) is 3.16. The van der Waals surface area contributed by atoms with Gasteiger partial charge in [0.05, 0.1) is 0 Å². The van der Waals surface area contributed by atoms with Crippen molar-refractivity contribution in [3.05, 3.63) is 0 Å². The van der Waals surface area contributed by atoms with Crippen LogP contribution in [-0.2, 0) is 9.53 Å². The number of ether oxygens (including phenoxy) is 1. The molecular formula is C21H40N6O3. The van der Waals surface area contributed by atoms with Gasteiger partial charge in [-0.3, -0.25) is 14.7 Å². The van der Waals surface area contributed by atoms with Gasteiger partial charge in [0.15, 0.2) is 5.96 Å². The maximum Gasteiger partial charge on any atom is 0.410 e. The number of rotatable bonds is 9. The lowest BCUT2D eigenvalue weighted by atomic mass is 10.2. The van der Waals surface area contributed by atoms with Crippen LogP contribution in [0, 0.1) is 5.92 Å². The highest BCUT2D eigenvalue weighted by Crippen LogP contribution is 2.28. The van der Waals surface area contributed by atoms with Crippen LogP contribution in [0.4, 0.5) is 4.79 Å². The van der Waals surface area contributed by atoms with Crippen LogP contribution >= 0.6 is 0 Å². The highest BCUT2D eigenvalue weighted by Gasteiger charge is 2.29. The predicted octanol–water partition coefficient (Wildman–Crippen LogP) is 1.01. The number of guanidine groups is 1. The van der Waals surface area contributed by atoms with Crippen LogP contribution in [0.15, 0.2) is 4.99 Å². The lowest BCUT2D eigenvalue weighted by molar-refractivity contribution is -0.122. The molecule has 172 valence electrons. The van der Waals surface area contributed by atoms with E-state index in [1.807, 2.05) is 27.7 Å². The van der Waals surface area contributed by atoms with E-state index in [-0.39, 0.29) is 17.9 Å². The Hall–Kier alpha value is -2.03. The van der Waals surface area contributed by atoms with Gasteiger partial charge in [0, 0.05) is 64.8 Å². The molecule has 0 bridgehead atoms. The van der Waals surface area contributed by atoms with Crippen LogP contribution in [0.3, 0.4) is 0 Å². The van der Waals surface area contributed by atoms with Gasteiger partial charge in [0.25, 0.3) is 0 Å². The second kappa shape index (κ2) is 12.0. The highest BCUT2D eigenvalue weighted by molar-refractivity contribution is 5.81. The molecule has 0 aromatic rings. The van der Waals surface area contributed by atoms with Crippen LogP contribution in [0.2, 0.25) is 0 Å². The average Bonchev–Trinajstić information content (AvgIpc) is 3.52. The van der Waals surface area contributed by atoms with Crippen molar-refractivity contribution in [1.82, 2.24) is 25.8 Å². The van der Waals surface area contributed by atoms with E-state index in [4.69, 9.17) is 4.74 Å². The van der Waals surface area contributed by atoms with E-state index in [1.165, 1.54) is 0 Å². The first kappa shape index (κ1) is 24.2. The number of hydrogen-bond acceptors (Lipinski definition) is 5. The van der Waals surface area contributed by atoms with E-state index in [0.29, 0.717) is 26.2 Å². The molecule has 0 atom stereocenters. The Morgan fingerprint density at radius 2 is 1.70 bits per heavy atom. The quantitative estimate of drug-likeness (QED) is 0.290. The van der Waals surface area contributed by atoms with Gasteiger partial charge >= 0.3 is 6.09 Å². The van der Waals surface area contributed by atoms with Crippen LogP contribution in [0.1, 0.15) is 47.0 Å². The molecule has 1 aliphatic carbocycles. The van der Waals surface area contributed by atoms with Crippen molar-refractivity contribution in [3.63, 3.8) is 0 Å². The number of nitrogens with one attached hydrogen (secondary N) is 3. The SMILES string of the molecule is CCNC(=NCCCN1CCN(C(=O)OC(C)(C)C)CC1)NCCNC(=O)C1CC1. The molecule has 0 unspecified atom stereocenters. The van der Waals surface area contributed by atoms with Gasteiger partial charge in [0.1, 0.15) is 5.60 Å². The fourth-order valence-electron chi connectivity index (χ4n) is 3.16. The van der Waals surface area contributed by atoms with Gasteiger partial charge in [-0.2, -0.15) is 0 Å². The minimum atomic E-state index is -0.451. The molecule has 0 spiro atoms. The first-order valence-electron chi connectivity index (χ1n) is 11.3. The van der Waals surface area contributed by atoms with Gasteiger partial charge in [-0.25, -0.2) is 4.79 Å². The van der Waals surface area contributed by atoms with Crippen LogP contribution in [0.25, 0.3) is 0 Å². The second-order valence-electron chi connectivity index (χ2n) is 8.92. The largest absolute Gasteiger partial charge is 0.444 e. The molecule has 30 heavy (non-hydrogen) atoms. The molecule has 1 aliphatic heterocycles. The third-order valence-electron chi connectivity index (χ3n) is 4.94. The summed E-state index contributed by atoms with van der Waals surface area (Å²) in [5, 5.41) is 9.45. The summed E-state index contributed by atoms with van der Waals surface area (Å²) >= 11 is 0. The molecule has 0 aromatic heterocycles. The zero-order chi connectivity index (χ0) is 22.0. The van der Waals surface area contributed by atoms with E-state index in [2.05, 4.69) is 25.8 Å². The number of hydrogen-bond donors (Lipinski definition) is 3. The van der Waals surface area contributed by atoms with Crippen LogP contribution in [-0.4, -0.2) is 92.3 Å². The van der Waals surface area contributed by atoms with Gasteiger partial charge < -0.3 is 25.6 Å². The molecular weight excluding hydrogens is 384 g/mol. The van der Waals surface area contributed by atoms with Crippen molar-refractivity contribution < 1.29 is 14.3 Å². The van der Waals surface area contributed by atoms with Gasteiger partial charge in [0.2, 0.25) is 5.91 Å². The Balaban J connectivity index is 1.59. The van der Waals surface area contributed by atoms with Crippen molar-refractivity contribution >= 4 is 18.0 Å². The lowest BCUT2D eigenvalue weighted by Crippen LogP contribution is -2.50. The lowest BCUT2D eigenvalue weighted by Gasteiger charge is -2.35. The average molecular weight is 425 g/mol. The molecule has 1 heterocycles. The van der Waals surface area contributed by atoms with Crippen molar-refractivity contribution in [2.45, 2.75) is 52.6 Å². The van der Waals surface area contributed by atoms with E-state index < -0.39 is 5.60 Å². The summed E-state index contributed by atoms with van der Waals surface area (Å²) in [5.41, 5.74) is -0.451. The minimum Gasteiger partial charge on any atom is -0.444 e.